The van der Waals surface area contributed by atoms with Crippen LogP contribution in [0.5, 0.6) is 11.6 Å². The monoisotopic (exact) mass is 302 g/mol. The lowest BCUT2D eigenvalue weighted by Crippen LogP contribution is -1.97. The molecule has 0 unspecified atom stereocenters. The van der Waals surface area contributed by atoms with Crippen LogP contribution in [0.25, 0.3) is 10.9 Å². The van der Waals surface area contributed by atoms with E-state index in [1.807, 2.05) is 30.5 Å². The van der Waals surface area contributed by atoms with Gasteiger partial charge < -0.3 is 14.6 Å². The van der Waals surface area contributed by atoms with Crippen molar-refractivity contribution in [1.29, 1.82) is 0 Å². The summed E-state index contributed by atoms with van der Waals surface area (Å²) in [5, 5.41) is 4.95. The Balaban J connectivity index is 1.96. The van der Waals surface area contributed by atoms with Crippen LogP contribution in [-0.4, -0.2) is 28.3 Å². The first-order chi connectivity index (χ1) is 10.3. The van der Waals surface area contributed by atoms with Crippen LogP contribution in [0.4, 0.5) is 0 Å². The zero-order chi connectivity index (χ0) is 14.7. The summed E-state index contributed by atoms with van der Waals surface area (Å²) < 4.78 is 5.77. The summed E-state index contributed by atoms with van der Waals surface area (Å²) in [6.07, 6.45) is 4.61. The Morgan fingerprint density at radius 3 is 3.05 bits per heavy atom. The highest BCUT2D eigenvalue weighted by atomic mass is 35.5. The van der Waals surface area contributed by atoms with E-state index in [4.69, 9.17) is 16.3 Å². The Morgan fingerprint density at radius 1 is 1.29 bits per heavy atom. The second-order valence-electron chi connectivity index (χ2n) is 4.13. The van der Waals surface area contributed by atoms with E-state index in [1.54, 1.807) is 0 Å². The van der Waals surface area contributed by atoms with Crippen molar-refractivity contribution >= 4 is 28.7 Å². The molecule has 0 radical (unpaired) electrons. The van der Waals surface area contributed by atoms with Gasteiger partial charge in [-0.15, -0.1) is 0 Å². The number of nitrogens with one attached hydrogen (secondary N) is 1. The van der Waals surface area contributed by atoms with Crippen molar-refractivity contribution in [1.82, 2.24) is 15.0 Å². The molecule has 106 valence electrons. The van der Waals surface area contributed by atoms with Gasteiger partial charge in [-0.05, 0) is 24.3 Å². The topological polar surface area (TPSA) is 72.4 Å². The van der Waals surface area contributed by atoms with Gasteiger partial charge in [0.15, 0.2) is 0 Å². The Labute approximate surface area is 125 Å². The molecule has 0 amide bonds. The molecule has 3 aromatic rings. The molecule has 0 spiro atoms. The maximum atomic E-state index is 6.03. The number of fused-ring (bicyclic) bond motifs is 1. The van der Waals surface area contributed by atoms with Crippen LogP contribution in [0.1, 0.15) is 5.56 Å². The maximum absolute atomic E-state index is 6.03. The number of benzene rings is 1. The second-order valence-corrected chi connectivity index (χ2v) is 4.49. The summed E-state index contributed by atoms with van der Waals surface area (Å²) in [4.78, 5) is 15.7. The molecule has 6 nitrogen and oxygen atoms in total. The van der Waals surface area contributed by atoms with E-state index in [0.717, 1.165) is 10.9 Å². The van der Waals surface area contributed by atoms with E-state index in [1.165, 1.54) is 19.7 Å². The van der Waals surface area contributed by atoms with Gasteiger partial charge in [-0.2, -0.15) is 0 Å². The number of hydrogen-bond acceptors (Lipinski definition) is 5. The van der Waals surface area contributed by atoms with Crippen molar-refractivity contribution in [2.24, 2.45) is 5.16 Å². The number of nitrogens with zero attached hydrogens (tertiary/aromatic N) is 3. The smallest absolute Gasteiger partial charge is 0.232 e. The van der Waals surface area contributed by atoms with Crippen molar-refractivity contribution in [3.8, 4) is 11.6 Å². The van der Waals surface area contributed by atoms with Crippen LogP contribution in [0.15, 0.2) is 41.9 Å². The van der Waals surface area contributed by atoms with Gasteiger partial charge in [0.25, 0.3) is 0 Å². The lowest BCUT2D eigenvalue weighted by molar-refractivity contribution is 0.215. The zero-order valence-corrected chi connectivity index (χ0v) is 11.8. The van der Waals surface area contributed by atoms with E-state index in [9.17, 15) is 0 Å². The fourth-order valence-corrected chi connectivity index (χ4v) is 2.03. The molecule has 0 aliphatic rings. The van der Waals surface area contributed by atoms with Crippen molar-refractivity contribution in [3.05, 3.63) is 47.5 Å². The van der Waals surface area contributed by atoms with Crippen molar-refractivity contribution < 1.29 is 9.57 Å². The number of aromatic nitrogens is 3. The third-order valence-electron chi connectivity index (χ3n) is 2.83. The number of rotatable bonds is 4. The van der Waals surface area contributed by atoms with Crippen LogP contribution in [0.3, 0.4) is 0 Å². The standard InChI is InChI=1S/C14H11ClN4O2/c1-20-19-7-11-13(15)17-8-18-14(11)21-10-2-3-12-9(6-10)4-5-16-12/h2-8,16H,1H3. The number of aromatic amines is 1. The lowest BCUT2D eigenvalue weighted by Gasteiger charge is -2.08. The van der Waals surface area contributed by atoms with Crippen molar-refractivity contribution in [2.45, 2.75) is 0 Å². The van der Waals surface area contributed by atoms with E-state index >= 15 is 0 Å². The molecule has 2 aromatic heterocycles. The summed E-state index contributed by atoms with van der Waals surface area (Å²) in [6.45, 7) is 0. The number of ether oxygens (including phenoxy) is 1. The molecule has 0 atom stereocenters. The van der Waals surface area contributed by atoms with Gasteiger partial charge in [-0.1, -0.05) is 16.8 Å². The molecular weight excluding hydrogens is 292 g/mol. The molecule has 0 saturated carbocycles. The largest absolute Gasteiger partial charge is 0.438 e. The van der Waals surface area contributed by atoms with Crippen LogP contribution in [-0.2, 0) is 4.84 Å². The molecule has 0 fully saturated rings. The summed E-state index contributed by atoms with van der Waals surface area (Å²) in [5.41, 5.74) is 1.49. The summed E-state index contributed by atoms with van der Waals surface area (Å²) in [5.74, 6) is 0.953. The van der Waals surface area contributed by atoms with E-state index < -0.39 is 0 Å². The van der Waals surface area contributed by atoms with Gasteiger partial charge in [-0.25, -0.2) is 9.97 Å². The number of hydrogen-bond donors (Lipinski definition) is 1. The average Bonchev–Trinajstić information content (AvgIpc) is 2.94. The predicted molar refractivity (Wildman–Crippen MR) is 80.0 cm³/mol. The summed E-state index contributed by atoms with van der Waals surface area (Å²) >= 11 is 6.03. The average molecular weight is 303 g/mol. The summed E-state index contributed by atoms with van der Waals surface area (Å²) in [7, 11) is 1.44. The Bertz CT molecular complexity index is 801. The molecule has 0 aliphatic carbocycles. The molecule has 1 N–H and O–H groups in total. The molecule has 2 heterocycles. The molecule has 7 heteroatoms. The van der Waals surface area contributed by atoms with Gasteiger partial charge >= 0.3 is 0 Å². The minimum absolute atomic E-state index is 0.239. The van der Waals surface area contributed by atoms with Crippen LogP contribution in [0.2, 0.25) is 5.15 Å². The van der Waals surface area contributed by atoms with E-state index in [0.29, 0.717) is 17.2 Å². The van der Waals surface area contributed by atoms with E-state index in [-0.39, 0.29) is 5.15 Å². The third-order valence-corrected chi connectivity index (χ3v) is 3.13. The SMILES string of the molecule is CON=Cc1c(Cl)ncnc1Oc1ccc2[nH]ccc2c1. The maximum Gasteiger partial charge on any atom is 0.232 e. The predicted octanol–water partition coefficient (Wildman–Crippen LogP) is 3.38. The lowest BCUT2D eigenvalue weighted by atomic mass is 10.2. The fraction of sp³-hybridized carbons (Fsp3) is 0.0714. The van der Waals surface area contributed by atoms with Gasteiger partial charge in [-0.3, -0.25) is 0 Å². The van der Waals surface area contributed by atoms with Crippen LogP contribution in [0, 0.1) is 0 Å². The highest BCUT2D eigenvalue weighted by Gasteiger charge is 2.11. The first-order valence-electron chi connectivity index (χ1n) is 6.10. The quantitative estimate of drug-likeness (QED) is 0.455. The minimum atomic E-state index is 0.239. The summed E-state index contributed by atoms with van der Waals surface area (Å²) in [6, 6.07) is 7.63. The second kappa shape index (κ2) is 5.80. The van der Waals surface area contributed by atoms with Crippen molar-refractivity contribution in [3.63, 3.8) is 0 Å². The highest BCUT2D eigenvalue weighted by molar-refractivity contribution is 6.32. The van der Waals surface area contributed by atoms with Gasteiger partial charge in [0.2, 0.25) is 5.88 Å². The fourth-order valence-electron chi connectivity index (χ4n) is 1.86. The molecule has 0 saturated heterocycles. The first kappa shape index (κ1) is 13.4. The zero-order valence-electron chi connectivity index (χ0n) is 11.1. The van der Waals surface area contributed by atoms with Crippen molar-refractivity contribution in [2.75, 3.05) is 7.11 Å². The third kappa shape index (κ3) is 2.80. The molecule has 0 bridgehead atoms. The number of halogens is 1. The Morgan fingerprint density at radius 2 is 2.19 bits per heavy atom. The number of H-pyrrole nitrogens is 1. The van der Waals surface area contributed by atoms with E-state index in [2.05, 4.69) is 24.9 Å². The molecule has 21 heavy (non-hydrogen) atoms. The normalized spacial score (nSPS) is 11.1. The van der Waals surface area contributed by atoms with Gasteiger partial charge in [0.05, 0.1) is 11.8 Å². The van der Waals surface area contributed by atoms with Gasteiger partial charge in [0.1, 0.15) is 24.3 Å². The molecule has 0 aliphatic heterocycles. The molecule has 3 rings (SSSR count). The van der Waals surface area contributed by atoms with Crippen LogP contribution < -0.4 is 4.74 Å². The minimum Gasteiger partial charge on any atom is -0.438 e. The van der Waals surface area contributed by atoms with Crippen LogP contribution >= 0.6 is 11.6 Å². The van der Waals surface area contributed by atoms with Gasteiger partial charge in [0, 0.05) is 17.1 Å². The Kier molecular flexibility index (Phi) is 3.70. The Hall–Kier alpha value is -2.60. The number of oxime groups is 1. The molecule has 1 aromatic carbocycles. The molecular formula is C14H11ClN4O2. The first-order valence-corrected chi connectivity index (χ1v) is 6.48. The highest BCUT2D eigenvalue weighted by Crippen LogP contribution is 2.27.